The molecule has 1 heterocycles. The van der Waals surface area contributed by atoms with E-state index in [9.17, 15) is 4.79 Å². The molecular formula is C18H29N2O2+. The maximum Gasteiger partial charge on any atom is 0.231 e. The topological polar surface area (TPSA) is 34.0 Å². The lowest BCUT2D eigenvalue weighted by Gasteiger charge is -2.32. The Balaban J connectivity index is 1.93. The molecule has 1 amide bonds. The van der Waals surface area contributed by atoms with Crippen LogP contribution in [0.4, 0.5) is 0 Å². The number of carbonyl (C=O) groups excluding carboxylic acids is 1. The van der Waals surface area contributed by atoms with Crippen LogP contribution in [0.1, 0.15) is 32.3 Å². The van der Waals surface area contributed by atoms with Crippen LogP contribution in [-0.4, -0.2) is 44.1 Å². The molecule has 1 aliphatic heterocycles. The molecule has 1 aliphatic rings. The standard InChI is InChI=1S/C18H28N2O2/c1-4-20(5-2)18(21)16-7-6-12-19(14-16)13-15-8-10-17(22-3)11-9-15/h8-11,16H,4-7,12-14H2,1-3H3/p+1/t16-/m0/s1. The molecule has 1 N–H and O–H groups in total. The van der Waals surface area contributed by atoms with E-state index >= 15 is 0 Å². The van der Waals surface area contributed by atoms with Crippen LogP contribution in [0.2, 0.25) is 0 Å². The molecule has 22 heavy (non-hydrogen) atoms. The third-order valence-electron chi connectivity index (χ3n) is 4.66. The Kier molecular flexibility index (Phi) is 6.25. The van der Waals surface area contributed by atoms with Gasteiger partial charge in [0.25, 0.3) is 0 Å². The molecule has 1 unspecified atom stereocenters. The fraction of sp³-hybridized carbons (Fsp3) is 0.611. The summed E-state index contributed by atoms with van der Waals surface area (Å²) in [5.74, 6) is 1.44. The van der Waals surface area contributed by atoms with Gasteiger partial charge in [-0.25, -0.2) is 0 Å². The van der Waals surface area contributed by atoms with Gasteiger partial charge in [-0.15, -0.1) is 0 Å². The fourth-order valence-corrected chi connectivity index (χ4v) is 3.35. The first-order chi connectivity index (χ1) is 10.7. The van der Waals surface area contributed by atoms with Gasteiger partial charge in [-0.1, -0.05) is 0 Å². The summed E-state index contributed by atoms with van der Waals surface area (Å²) < 4.78 is 5.20. The van der Waals surface area contributed by atoms with Crippen molar-refractivity contribution in [2.75, 3.05) is 33.3 Å². The SMILES string of the molecule is CCN(CC)C(=O)[C@H]1CCC[NH+](Cc2ccc(OC)cc2)C1. The summed E-state index contributed by atoms with van der Waals surface area (Å²) in [5.41, 5.74) is 1.31. The largest absolute Gasteiger partial charge is 0.497 e. The number of likely N-dealkylation sites (tertiary alicyclic amines) is 1. The highest BCUT2D eigenvalue weighted by atomic mass is 16.5. The summed E-state index contributed by atoms with van der Waals surface area (Å²) in [7, 11) is 1.69. The third-order valence-corrected chi connectivity index (χ3v) is 4.66. The minimum absolute atomic E-state index is 0.196. The van der Waals surface area contributed by atoms with Gasteiger partial charge in [0.05, 0.1) is 26.1 Å². The number of amides is 1. The first kappa shape index (κ1) is 16.8. The fourth-order valence-electron chi connectivity index (χ4n) is 3.35. The summed E-state index contributed by atoms with van der Waals surface area (Å²) in [6, 6.07) is 8.28. The zero-order valence-corrected chi connectivity index (χ0v) is 14.1. The van der Waals surface area contributed by atoms with Gasteiger partial charge in [0, 0.05) is 18.7 Å². The Morgan fingerprint density at radius 3 is 2.55 bits per heavy atom. The van der Waals surface area contributed by atoms with Gasteiger partial charge < -0.3 is 14.5 Å². The molecule has 1 aromatic rings. The van der Waals surface area contributed by atoms with Crippen molar-refractivity contribution < 1.29 is 14.4 Å². The summed E-state index contributed by atoms with van der Waals surface area (Å²) in [6.07, 6.45) is 2.19. The van der Waals surface area contributed by atoms with Gasteiger partial charge in [-0.05, 0) is 51.0 Å². The third kappa shape index (κ3) is 4.23. The minimum Gasteiger partial charge on any atom is -0.497 e. The van der Waals surface area contributed by atoms with Crippen LogP contribution in [0.3, 0.4) is 0 Å². The zero-order valence-electron chi connectivity index (χ0n) is 14.1. The number of benzene rings is 1. The van der Waals surface area contributed by atoms with Gasteiger partial charge in [0.15, 0.2) is 0 Å². The van der Waals surface area contributed by atoms with Crippen molar-refractivity contribution in [2.24, 2.45) is 5.92 Å². The monoisotopic (exact) mass is 305 g/mol. The Labute approximate surface area is 134 Å². The average Bonchev–Trinajstić information content (AvgIpc) is 2.57. The van der Waals surface area contributed by atoms with Crippen LogP contribution in [0.25, 0.3) is 0 Å². The highest BCUT2D eigenvalue weighted by molar-refractivity contribution is 5.78. The van der Waals surface area contributed by atoms with E-state index in [1.807, 2.05) is 17.0 Å². The van der Waals surface area contributed by atoms with E-state index in [4.69, 9.17) is 4.74 Å². The number of piperidine rings is 1. The van der Waals surface area contributed by atoms with E-state index in [-0.39, 0.29) is 5.92 Å². The second kappa shape index (κ2) is 8.18. The summed E-state index contributed by atoms with van der Waals surface area (Å²) in [4.78, 5) is 16.0. The molecule has 1 aromatic carbocycles. The van der Waals surface area contributed by atoms with Crippen molar-refractivity contribution in [3.05, 3.63) is 29.8 Å². The molecule has 2 atom stereocenters. The lowest BCUT2D eigenvalue weighted by molar-refractivity contribution is -0.921. The highest BCUT2D eigenvalue weighted by Gasteiger charge is 2.30. The lowest BCUT2D eigenvalue weighted by Crippen LogP contribution is -3.12. The molecule has 0 spiro atoms. The lowest BCUT2D eigenvalue weighted by atomic mass is 9.96. The summed E-state index contributed by atoms with van der Waals surface area (Å²) >= 11 is 0. The van der Waals surface area contributed by atoms with E-state index in [0.29, 0.717) is 5.91 Å². The van der Waals surface area contributed by atoms with Crippen molar-refractivity contribution in [3.8, 4) is 5.75 Å². The van der Waals surface area contributed by atoms with Crippen LogP contribution in [0.5, 0.6) is 5.75 Å². The van der Waals surface area contributed by atoms with Gasteiger partial charge in [-0.2, -0.15) is 0 Å². The van der Waals surface area contributed by atoms with Gasteiger partial charge in [-0.3, -0.25) is 4.79 Å². The molecule has 1 saturated heterocycles. The maximum atomic E-state index is 12.5. The number of nitrogens with one attached hydrogen (secondary N) is 1. The second-order valence-corrected chi connectivity index (χ2v) is 6.08. The smallest absolute Gasteiger partial charge is 0.231 e. The molecule has 2 rings (SSSR count). The molecular weight excluding hydrogens is 276 g/mol. The number of hydrogen-bond donors (Lipinski definition) is 1. The second-order valence-electron chi connectivity index (χ2n) is 6.08. The van der Waals surface area contributed by atoms with Crippen LogP contribution in [0, 0.1) is 5.92 Å². The number of ether oxygens (including phenoxy) is 1. The van der Waals surface area contributed by atoms with Crippen molar-refractivity contribution in [1.29, 1.82) is 0 Å². The van der Waals surface area contributed by atoms with Crippen molar-refractivity contribution in [3.63, 3.8) is 0 Å². The molecule has 122 valence electrons. The van der Waals surface area contributed by atoms with E-state index in [2.05, 4.69) is 26.0 Å². The first-order valence-electron chi connectivity index (χ1n) is 8.43. The number of carbonyl (C=O) groups is 1. The van der Waals surface area contributed by atoms with Gasteiger partial charge >= 0.3 is 0 Å². The molecule has 4 heteroatoms. The molecule has 0 aromatic heterocycles. The van der Waals surface area contributed by atoms with Crippen LogP contribution >= 0.6 is 0 Å². The number of quaternary nitrogens is 1. The predicted molar refractivity (Wildman–Crippen MR) is 88.0 cm³/mol. The van der Waals surface area contributed by atoms with Crippen molar-refractivity contribution in [1.82, 2.24) is 4.90 Å². The van der Waals surface area contributed by atoms with Crippen LogP contribution < -0.4 is 9.64 Å². The summed E-state index contributed by atoms with van der Waals surface area (Å²) in [6.45, 7) is 8.87. The van der Waals surface area contributed by atoms with Crippen molar-refractivity contribution in [2.45, 2.75) is 33.2 Å². The number of nitrogens with zero attached hydrogens (tertiary/aromatic N) is 1. The zero-order chi connectivity index (χ0) is 15.9. The Bertz CT molecular complexity index is 468. The van der Waals surface area contributed by atoms with Crippen LogP contribution in [-0.2, 0) is 11.3 Å². The number of methoxy groups -OCH3 is 1. The highest BCUT2D eigenvalue weighted by Crippen LogP contribution is 2.13. The van der Waals surface area contributed by atoms with E-state index in [1.54, 1.807) is 7.11 Å². The Morgan fingerprint density at radius 2 is 1.95 bits per heavy atom. The predicted octanol–water partition coefficient (Wildman–Crippen LogP) is 1.36. The molecule has 1 fully saturated rings. The van der Waals surface area contributed by atoms with Crippen LogP contribution in [0.15, 0.2) is 24.3 Å². The van der Waals surface area contributed by atoms with E-state index in [0.717, 1.165) is 51.3 Å². The van der Waals surface area contributed by atoms with E-state index in [1.165, 1.54) is 10.5 Å². The number of rotatable bonds is 6. The van der Waals surface area contributed by atoms with E-state index < -0.39 is 0 Å². The van der Waals surface area contributed by atoms with Crippen molar-refractivity contribution >= 4 is 5.91 Å². The molecule has 0 bridgehead atoms. The first-order valence-corrected chi connectivity index (χ1v) is 8.43. The Morgan fingerprint density at radius 1 is 1.27 bits per heavy atom. The molecule has 4 nitrogen and oxygen atoms in total. The van der Waals surface area contributed by atoms with Gasteiger partial charge in [0.1, 0.15) is 12.3 Å². The van der Waals surface area contributed by atoms with Gasteiger partial charge in [0.2, 0.25) is 5.91 Å². The average molecular weight is 305 g/mol. The minimum atomic E-state index is 0.196. The number of hydrogen-bond acceptors (Lipinski definition) is 2. The Hall–Kier alpha value is -1.55. The molecule has 0 aliphatic carbocycles. The molecule has 0 saturated carbocycles. The molecule has 0 radical (unpaired) electrons. The quantitative estimate of drug-likeness (QED) is 0.861. The summed E-state index contributed by atoms with van der Waals surface area (Å²) in [5, 5.41) is 0. The maximum absolute atomic E-state index is 12.5. The normalized spacial score (nSPS) is 21.4.